The second-order valence-electron chi connectivity index (χ2n) is 6.43. The van der Waals surface area contributed by atoms with Crippen LogP contribution in [0.3, 0.4) is 0 Å². The lowest BCUT2D eigenvalue weighted by atomic mass is 10.1. The zero-order chi connectivity index (χ0) is 17.8. The van der Waals surface area contributed by atoms with Gasteiger partial charge in [0.1, 0.15) is 5.76 Å². The Kier molecular flexibility index (Phi) is 5.19. The van der Waals surface area contributed by atoms with Gasteiger partial charge >= 0.3 is 0 Å². The molecule has 1 aromatic heterocycles. The summed E-state index contributed by atoms with van der Waals surface area (Å²) in [6.07, 6.45) is 3.42. The molecule has 1 unspecified atom stereocenters. The molecule has 0 radical (unpaired) electrons. The van der Waals surface area contributed by atoms with Crippen LogP contribution in [0.1, 0.15) is 40.2 Å². The molecule has 0 aliphatic carbocycles. The zero-order valence-electron chi connectivity index (χ0n) is 14.3. The van der Waals surface area contributed by atoms with Crippen LogP contribution in [-0.4, -0.2) is 42.9 Å². The molecule has 1 fully saturated rings. The molecule has 1 aliphatic rings. The van der Waals surface area contributed by atoms with E-state index < -0.39 is 5.91 Å². The lowest BCUT2D eigenvalue weighted by molar-refractivity contribution is 0.0948. The first-order valence-electron chi connectivity index (χ1n) is 8.53. The largest absolute Gasteiger partial charge is 0.451 e. The Bertz CT molecular complexity index is 752. The number of carbonyl (C=O) groups excluding carboxylic acids is 2. The molecule has 3 rings (SSSR count). The van der Waals surface area contributed by atoms with Crippen molar-refractivity contribution in [1.29, 1.82) is 0 Å². The van der Waals surface area contributed by atoms with Gasteiger partial charge in [0.05, 0.1) is 0 Å². The summed E-state index contributed by atoms with van der Waals surface area (Å²) in [5, 5.41) is 2.97. The SMILES string of the molecule is CN1CCCC1CCNC(=O)c1ccc(-c2ccc(C(N)=O)o2)cc1. The van der Waals surface area contributed by atoms with Crippen molar-refractivity contribution in [2.24, 2.45) is 5.73 Å². The number of carbonyl (C=O) groups is 2. The van der Waals surface area contributed by atoms with Crippen molar-refractivity contribution in [2.45, 2.75) is 25.3 Å². The maximum atomic E-state index is 12.2. The van der Waals surface area contributed by atoms with Crippen LogP contribution in [0.25, 0.3) is 11.3 Å². The normalized spacial score (nSPS) is 17.6. The summed E-state index contributed by atoms with van der Waals surface area (Å²) < 4.78 is 5.38. The van der Waals surface area contributed by atoms with Crippen molar-refractivity contribution in [3.05, 3.63) is 47.7 Å². The van der Waals surface area contributed by atoms with E-state index in [1.165, 1.54) is 12.8 Å². The van der Waals surface area contributed by atoms with E-state index in [0.717, 1.165) is 18.5 Å². The fourth-order valence-corrected chi connectivity index (χ4v) is 3.21. The first-order valence-corrected chi connectivity index (χ1v) is 8.53. The minimum absolute atomic E-state index is 0.0792. The second-order valence-corrected chi connectivity index (χ2v) is 6.43. The summed E-state index contributed by atoms with van der Waals surface area (Å²) in [5.74, 6) is -0.0154. The van der Waals surface area contributed by atoms with Crippen LogP contribution in [0, 0.1) is 0 Å². The van der Waals surface area contributed by atoms with E-state index in [1.807, 2.05) is 0 Å². The quantitative estimate of drug-likeness (QED) is 0.843. The average molecular weight is 341 g/mol. The predicted molar refractivity (Wildman–Crippen MR) is 95.3 cm³/mol. The molecule has 1 aliphatic heterocycles. The number of hydrogen-bond donors (Lipinski definition) is 2. The van der Waals surface area contributed by atoms with Gasteiger partial charge in [-0.15, -0.1) is 0 Å². The molecule has 1 saturated heterocycles. The summed E-state index contributed by atoms with van der Waals surface area (Å²) in [4.78, 5) is 25.7. The molecule has 6 heteroatoms. The second kappa shape index (κ2) is 7.53. The first-order chi connectivity index (χ1) is 12.0. The number of furan rings is 1. The molecule has 0 bridgehead atoms. The molecule has 0 spiro atoms. The van der Waals surface area contributed by atoms with E-state index >= 15 is 0 Å². The van der Waals surface area contributed by atoms with Gasteiger partial charge in [-0.25, -0.2) is 0 Å². The Balaban J connectivity index is 1.55. The standard InChI is InChI=1S/C19H23N3O3/c1-22-12-2-3-15(22)10-11-21-19(24)14-6-4-13(5-7-14)16-8-9-17(25-16)18(20)23/h4-9,15H,2-3,10-12H2,1H3,(H2,20,23)(H,21,24). The molecule has 0 saturated carbocycles. The molecule has 2 heterocycles. The third kappa shape index (κ3) is 4.09. The summed E-state index contributed by atoms with van der Waals surface area (Å²) in [5.41, 5.74) is 6.57. The third-order valence-corrected chi connectivity index (χ3v) is 4.72. The van der Waals surface area contributed by atoms with Gasteiger partial charge in [0.25, 0.3) is 11.8 Å². The number of hydrogen-bond acceptors (Lipinski definition) is 4. The number of nitrogens with one attached hydrogen (secondary N) is 1. The number of primary amides is 1. The van der Waals surface area contributed by atoms with Crippen LogP contribution in [-0.2, 0) is 0 Å². The molecular weight excluding hydrogens is 318 g/mol. The van der Waals surface area contributed by atoms with E-state index in [9.17, 15) is 9.59 Å². The van der Waals surface area contributed by atoms with Gasteiger partial charge in [-0.3, -0.25) is 9.59 Å². The average Bonchev–Trinajstić information content (AvgIpc) is 3.25. The van der Waals surface area contributed by atoms with Crippen molar-refractivity contribution < 1.29 is 14.0 Å². The van der Waals surface area contributed by atoms with Crippen LogP contribution in [0.4, 0.5) is 0 Å². The van der Waals surface area contributed by atoms with Crippen LogP contribution in [0.2, 0.25) is 0 Å². The highest BCUT2D eigenvalue weighted by Gasteiger charge is 2.20. The smallest absolute Gasteiger partial charge is 0.284 e. The first kappa shape index (κ1) is 17.2. The summed E-state index contributed by atoms with van der Waals surface area (Å²) >= 11 is 0. The maximum absolute atomic E-state index is 12.2. The highest BCUT2D eigenvalue weighted by atomic mass is 16.3. The highest BCUT2D eigenvalue weighted by molar-refractivity contribution is 5.94. The molecule has 25 heavy (non-hydrogen) atoms. The van der Waals surface area contributed by atoms with Crippen LogP contribution >= 0.6 is 0 Å². The Morgan fingerprint density at radius 2 is 2.00 bits per heavy atom. The Labute approximate surface area is 147 Å². The fraction of sp³-hybridized carbons (Fsp3) is 0.368. The molecule has 1 aromatic carbocycles. The molecule has 132 valence electrons. The van der Waals surface area contributed by atoms with Crippen LogP contribution < -0.4 is 11.1 Å². The van der Waals surface area contributed by atoms with E-state index in [0.29, 0.717) is 23.9 Å². The van der Waals surface area contributed by atoms with E-state index in [-0.39, 0.29) is 11.7 Å². The number of likely N-dealkylation sites (tertiary alicyclic amines) is 1. The van der Waals surface area contributed by atoms with Crippen molar-refractivity contribution in [2.75, 3.05) is 20.1 Å². The van der Waals surface area contributed by atoms with Crippen LogP contribution in [0.15, 0.2) is 40.8 Å². The van der Waals surface area contributed by atoms with Gasteiger partial charge in [-0.2, -0.15) is 0 Å². The minimum atomic E-state index is -0.602. The van der Waals surface area contributed by atoms with Crippen molar-refractivity contribution >= 4 is 11.8 Å². The van der Waals surface area contributed by atoms with Gasteiger partial charge in [0.2, 0.25) is 0 Å². The molecule has 3 N–H and O–H groups in total. The molecule has 2 aromatic rings. The third-order valence-electron chi connectivity index (χ3n) is 4.72. The number of nitrogens with two attached hydrogens (primary N) is 1. The van der Waals surface area contributed by atoms with Gasteiger partial charge in [-0.05, 0) is 57.1 Å². The van der Waals surface area contributed by atoms with Crippen molar-refractivity contribution in [3.8, 4) is 11.3 Å². The Morgan fingerprint density at radius 3 is 2.60 bits per heavy atom. The summed E-state index contributed by atoms with van der Waals surface area (Å²) in [6.45, 7) is 1.82. The van der Waals surface area contributed by atoms with Crippen molar-refractivity contribution in [1.82, 2.24) is 10.2 Å². The number of benzene rings is 1. The Hall–Kier alpha value is -2.60. The maximum Gasteiger partial charge on any atom is 0.284 e. The lowest BCUT2D eigenvalue weighted by Crippen LogP contribution is -2.31. The molecule has 1 atom stereocenters. The van der Waals surface area contributed by atoms with Gasteiger partial charge in [0, 0.05) is 23.7 Å². The number of amides is 2. The Morgan fingerprint density at radius 1 is 1.24 bits per heavy atom. The topological polar surface area (TPSA) is 88.6 Å². The monoisotopic (exact) mass is 341 g/mol. The highest BCUT2D eigenvalue weighted by Crippen LogP contribution is 2.22. The predicted octanol–water partition coefficient (Wildman–Crippen LogP) is 2.26. The van der Waals surface area contributed by atoms with E-state index in [2.05, 4.69) is 17.3 Å². The zero-order valence-corrected chi connectivity index (χ0v) is 14.3. The molecule has 2 amide bonds. The molecule has 6 nitrogen and oxygen atoms in total. The van der Waals surface area contributed by atoms with Gasteiger partial charge in [0.15, 0.2) is 5.76 Å². The molecular formula is C19H23N3O3. The van der Waals surface area contributed by atoms with E-state index in [1.54, 1.807) is 36.4 Å². The summed E-state index contributed by atoms with van der Waals surface area (Å²) in [6, 6.07) is 10.9. The van der Waals surface area contributed by atoms with Gasteiger partial charge in [-0.1, -0.05) is 12.1 Å². The van der Waals surface area contributed by atoms with Crippen LogP contribution in [0.5, 0.6) is 0 Å². The number of rotatable bonds is 6. The van der Waals surface area contributed by atoms with E-state index in [4.69, 9.17) is 10.2 Å². The summed E-state index contributed by atoms with van der Waals surface area (Å²) in [7, 11) is 2.14. The minimum Gasteiger partial charge on any atom is -0.451 e. The van der Waals surface area contributed by atoms with Crippen molar-refractivity contribution in [3.63, 3.8) is 0 Å². The van der Waals surface area contributed by atoms with Gasteiger partial charge < -0.3 is 20.4 Å². The lowest BCUT2D eigenvalue weighted by Gasteiger charge is -2.19. The fourth-order valence-electron chi connectivity index (χ4n) is 3.21. The number of nitrogens with zero attached hydrogens (tertiary/aromatic N) is 1.